The molecule has 1 aliphatic rings. The molecule has 0 aliphatic carbocycles. The zero-order chi connectivity index (χ0) is 11.7. The van der Waals surface area contributed by atoms with Crippen LogP contribution in [-0.2, 0) is 5.54 Å². The monoisotopic (exact) mass is 231 g/mol. The summed E-state index contributed by atoms with van der Waals surface area (Å²) in [5, 5.41) is 12.2. The molecule has 1 saturated heterocycles. The van der Waals surface area contributed by atoms with Crippen molar-refractivity contribution in [3.8, 4) is 0 Å². The van der Waals surface area contributed by atoms with Gasteiger partial charge in [0, 0.05) is 12.4 Å². The van der Waals surface area contributed by atoms with Crippen molar-refractivity contribution in [2.75, 3.05) is 6.54 Å². The van der Waals surface area contributed by atoms with E-state index in [-0.39, 0.29) is 5.54 Å². The van der Waals surface area contributed by atoms with Crippen LogP contribution in [0.1, 0.15) is 38.4 Å². The first-order valence-electron chi connectivity index (χ1n) is 6.26. The van der Waals surface area contributed by atoms with E-state index in [1.54, 1.807) is 12.4 Å². The van der Waals surface area contributed by atoms with Crippen LogP contribution < -0.4 is 5.32 Å². The number of hydrogen-bond donors (Lipinski definition) is 1. The molecule has 5 nitrogen and oxygen atoms in total. The zero-order valence-corrected chi connectivity index (χ0v) is 10.1. The van der Waals surface area contributed by atoms with E-state index in [4.69, 9.17) is 0 Å². The molecule has 3 rings (SSSR count). The van der Waals surface area contributed by atoms with E-state index in [9.17, 15) is 0 Å². The Morgan fingerprint density at radius 1 is 1.47 bits per heavy atom. The van der Waals surface area contributed by atoms with Gasteiger partial charge in [-0.1, -0.05) is 13.3 Å². The minimum atomic E-state index is 0.00944. The molecule has 1 N–H and O–H groups in total. The zero-order valence-electron chi connectivity index (χ0n) is 10.1. The molecule has 0 bridgehead atoms. The van der Waals surface area contributed by atoms with Crippen molar-refractivity contribution < 1.29 is 0 Å². The van der Waals surface area contributed by atoms with E-state index in [0.717, 1.165) is 37.3 Å². The quantitative estimate of drug-likeness (QED) is 0.869. The number of hydrogen-bond acceptors (Lipinski definition) is 4. The average Bonchev–Trinajstić information content (AvgIpc) is 2.96. The fourth-order valence-electron chi connectivity index (χ4n) is 2.83. The molecule has 1 fully saturated rings. The lowest BCUT2D eigenvalue weighted by Crippen LogP contribution is -2.38. The maximum atomic E-state index is 4.38. The molecule has 0 spiro atoms. The van der Waals surface area contributed by atoms with Gasteiger partial charge in [-0.15, -0.1) is 10.2 Å². The SMILES string of the molecule is CCCC1(c2nnc3cnccn23)CCCN1. The van der Waals surface area contributed by atoms with E-state index in [0.29, 0.717) is 0 Å². The summed E-state index contributed by atoms with van der Waals surface area (Å²) in [6.45, 7) is 3.28. The van der Waals surface area contributed by atoms with E-state index < -0.39 is 0 Å². The van der Waals surface area contributed by atoms with Gasteiger partial charge in [0.05, 0.1) is 11.7 Å². The van der Waals surface area contributed by atoms with Gasteiger partial charge >= 0.3 is 0 Å². The van der Waals surface area contributed by atoms with Crippen molar-refractivity contribution in [2.24, 2.45) is 0 Å². The minimum Gasteiger partial charge on any atom is -0.305 e. The topological polar surface area (TPSA) is 55.1 Å². The van der Waals surface area contributed by atoms with Gasteiger partial charge in [-0.25, -0.2) is 0 Å². The number of fused-ring (bicyclic) bond motifs is 1. The van der Waals surface area contributed by atoms with E-state index in [1.807, 2.05) is 6.20 Å². The first-order chi connectivity index (χ1) is 8.36. The average molecular weight is 231 g/mol. The number of nitrogens with one attached hydrogen (secondary N) is 1. The van der Waals surface area contributed by atoms with Crippen molar-refractivity contribution in [2.45, 2.75) is 38.1 Å². The van der Waals surface area contributed by atoms with Crippen molar-refractivity contribution in [1.82, 2.24) is 24.9 Å². The lowest BCUT2D eigenvalue weighted by molar-refractivity contribution is 0.331. The summed E-state index contributed by atoms with van der Waals surface area (Å²) in [6, 6.07) is 0. The van der Waals surface area contributed by atoms with Crippen molar-refractivity contribution >= 4 is 5.65 Å². The van der Waals surface area contributed by atoms with Gasteiger partial charge in [-0.2, -0.15) is 0 Å². The van der Waals surface area contributed by atoms with Crippen LogP contribution in [0.15, 0.2) is 18.6 Å². The Hall–Kier alpha value is -1.49. The Bertz CT molecular complexity index is 512. The normalized spacial score (nSPS) is 24.5. The lowest BCUT2D eigenvalue weighted by Gasteiger charge is -2.27. The van der Waals surface area contributed by atoms with Gasteiger partial charge in [0.1, 0.15) is 0 Å². The fraction of sp³-hybridized carbons (Fsp3) is 0.583. The third kappa shape index (κ3) is 1.61. The van der Waals surface area contributed by atoms with Crippen molar-refractivity contribution in [1.29, 1.82) is 0 Å². The fourth-order valence-corrected chi connectivity index (χ4v) is 2.83. The van der Waals surface area contributed by atoms with Crippen molar-refractivity contribution in [3.05, 3.63) is 24.4 Å². The molecule has 2 aromatic heterocycles. The van der Waals surface area contributed by atoms with E-state index >= 15 is 0 Å². The van der Waals surface area contributed by atoms with Crippen LogP contribution in [0.25, 0.3) is 5.65 Å². The largest absolute Gasteiger partial charge is 0.305 e. The maximum absolute atomic E-state index is 4.38. The van der Waals surface area contributed by atoms with E-state index in [1.165, 1.54) is 6.42 Å². The molecule has 1 unspecified atom stereocenters. The molecule has 0 radical (unpaired) electrons. The first kappa shape index (κ1) is 10.7. The summed E-state index contributed by atoms with van der Waals surface area (Å²) < 4.78 is 2.06. The number of aromatic nitrogens is 4. The molecule has 5 heteroatoms. The number of nitrogens with zero attached hydrogens (tertiary/aromatic N) is 4. The minimum absolute atomic E-state index is 0.00944. The summed E-state index contributed by atoms with van der Waals surface area (Å²) >= 11 is 0. The van der Waals surface area contributed by atoms with Crippen LogP contribution in [0.3, 0.4) is 0 Å². The molecule has 0 saturated carbocycles. The molecular formula is C12H17N5. The lowest BCUT2D eigenvalue weighted by atomic mass is 9.91. The highest BCUT2D eigenvalue weighted by Gasteiger charge is 2.38. The van der Waals surface area contributed by atoms with Crippen LogP contribution in [0, 0.1) is 0 Å². The third-order valence-corrected chi connectivity index (χ3v) is 3.56. The van der Waals surface area contributed by atoms with Gasteiger partial charge in [0.2, 0.25) is 0 Å². The molecule has 1 aliphatic heterocycles. The second-order valence-electron chi connectivity index (χ2n) is 4.69. The van der Waals surface area contributed by atoms with Crippen LogP contribution in [0.4, 0.5) is 0 Å². The Morgan fingerprint density at radius 3 is 3.18 bits per heavy atom. The van der Waals surface area contributed by atoms with Crippen LogP contribution >= 0.6 is 0 Å². The second-order valence-corrected chi connectivity index (χ2v) is 4.69. The molecule has 0 aromatic carbocycles. The van der Waals surface area contributed by atoms with Crippen LogP contribution in [-0.4, -0.2) is 26.1 Å². The molecule has 1 atom stereocenters. The second kappa shape index (κ2) is 4.07. The molecule has 2 aromatic rings. The third-order valence-electron chi connectivity index (χ3n) is 3.56. The highest BCUT2D eigenvalue weighted by atomic mass is 15.3. The molecule has 3 heterocycles. The molecule has 0 amide bonds. The van der Waals surface area contributed by atoms with Crippen LogP contribution in [0.2, 0.25) is 0 Å². The standard InChI is InChI=1S/C12H17N5/c1-2-4-12(5-3-6-14-12)11-16-15-10-9-13-7-8-17(10)11/h7-9,14H,2-6H2,1H3. The molecule has 90 valence electrons. The number of rotatable bonds is 3. The van der Waals surface area contributed by atoms with Gasteiger partial charge < -0.3 is 5.32 Å². The van der Waals surface area contributed by atoms with Gasteiger partial charge in [0.25, 0.3) is 0 Å². The smallest absolute Gasteiger partial charge is 0.179 e. The summed E-state index contributed by atoms with van der Waals surface area (Å²) in [6.07, 6.45) is 10.1. The highest BCUT2D eigenvalue weighted by molar-refractivity contribution is 5.35. The van der Waals surface area contributed by atoms with Gasteiger partial charge in [-0.05, 0) is 25.8 Å². The van der Waals surface area contributed by atoms with Crippen molar-refractivity contribution in [3.63, 3.8) is 0 Å². The van der Waals surface area contributed by atoms with Gasteiger partial charge in [0.15, 0.2) is 11.5 Å². The Kier molecular flexibility index (Phi) is 2.55. The molecule has 17 heavy (non-hydrogen) atoms. The predicted octanol–water partition coefficient (Wildman–Crippen LogP) is 1.50. The van der Waals surface area contributed by atoms with E-state index in [2.05, 4.69) is 31.8 Å². The first-order valence-corrected chi connectivity index (χ1v) is 6.26. The molecular weight excluding hydrogens is 214 g/mol. The summed E-state index contributed by atoms with van der Waals surface area (Å²) in [4.78, 5) is 4.08. The van der Waals surface area contributed by atoms with Gasteiger partial charge in [-0.3, -0.25) is 9.38 Å². The maximum Gasteiger partial charge on any atom is 0.179 e. The summed E-state index contributed by atoms with van der Waals surface area (Å²) in [5.74, 6) is 1.04. The Labute approximate surface area is 100 Å². The summed E-state index contributed by atoms with van der Waals surface area (Å²) in [5.41, 5.74) is 0.835. The highest BCUT2D eigenvalue weighted by Crippen LogP contribution is 2.34. The summed E-state index contributed by atoms with van der Waals surface area (Å²) in [7, 11) is 0. The predicted molar refractivity (Wildman–Crippen MR) is 64.6 cm³/mol. The Balaban J connectivity index is 2.12. The van der Waals surface area contributed by atoms with Crippen LogP contribution in [0.5, 0.6) is 0 Å². The Morgan fingerprint density at radius 2 is 2.41 bits per heavy atom.